The van der Waals surface area contributed by atoms with Crippen LogP contribution in [-0.4, -0.2) is 92.7 Å². The van der Waals surface area contributed by atoms with E-state index in [0.717, 1.165) is 6.42 Å². The monoisotopic (exact) mass is 465 g/mol. The SMILES string of the molecule is CC(N)=NC1CCN(C(=O)C2CC(SC3=C(C(=O)O)N4C(=O)C(C(C)O)[C@H]4C3C)CN2)C1. The van der Waals surface area contributed by atoms with E-state index in [2.05, 4.69) is 10.3 Å². The number of hydrogen-bond acceptors (Lipinski definition) is 7. The third kappa shape index (κ3) is 3.90. The second kappa shape index (κ2) is 8.68. The van der Waals surface area contributed by atoms with Gasteiger partial charge in [-0.05, 0) is 26.7 Å². The van der Waals surface area contributed by atoms with Crippen molar-refractivity contribution in [3.8, 4) is 0 Å². The van der Waals surface area contributed by atoms with E-state index in [4.69, 9.17) is 5.73 Å². The Bertz CT molecular complexity index is 886. The molecule has 0 saturated carbocycles. The van der Waals surface area contributed by atoms with Gasteiger partial charge >= 0.3 is 5.97 Å². The highest BCUT2D eigenvalue weighted by Gasteiger charge is 2.60. The molecular weight excluding hydrogens is 434 g/mol. The maximum absolute atomic E-state index is 13.0. The standard InChI is InChI=1S/C21H31N5O5S/c1-9-16-15(10(2)27)20(29)26(16)17(21(30)31)18(9)32-13-6-14(23-7-13)19(28)25-5-4-12(8-25)24-11(3)22/h9-10,12-16,23,27H,4-8H2,1-3H3,(H2,22,24)(H,30,31)/t9?,10?,12?,13?,14?,15?,16-/m1/s1. The smallest absolute Gasteiger partial charge is 0.353 e. The number of nitrogens with two attached hydrogens (primary N) is 1. The van der Waals surface area contributed by atoms with Crippen molar-refractivity contribution in [2.75, 3.05) is 19.6 Å². The number of hydrogen-bond donors (Lipinski definition) is 4. The van der Waals surface area contributed by atoms with Gasteiger partial charge in [-0.15, -0.1) is 11.8 Å². The summed E-state index contributed by atoms with van der Waals surface area (Å²) in [6.45, 7) is 7.02. The average Bonchev–Trinajstić information content (AvgIpc) is 3.40. The third-order valence-corrected chi connectivity index (χ3v) is 8.37. The number of fused-ring (bicyclic) bond motifs is 1. The molecule has 0 aromatic carbocycles. The maximum Gasteiger partial charge on any atom is 0.353 e. The summed E-state index contributed by atoms with van der Waals surface area (Å²) in [7, 11) is 0. The predicted molar refractivity (Wildman–Crippen MR) is 120 cm³/mol. The largest absolute Gasteiger partial charge is 0.477 e. The zero-order valence-electron chi connectivity index (χ0n) is 18.5. The van der Waals surface area contributed by atoms with Crippen LogP contribution in [-0.2, 0) is 14.4 Å². The second-order valence-electron chi connectivity index (χ2n) is 9.21. The van der Waals surface area contributed by atoms with Gasteiger partial charge in [-0.25, -0.2) is 4.79 Å². The first-order valence-electron chi connectivity index (χ1n) is 11.1. The Labute approximate surface area is 191 Å². The molecule has 0 aliphatic carbocycles. The number of likely N-dealkylation sites (tertiary alicyclic amines) is 1. The van der Waals surface area contributed by atoms with E-state index in [1.807, 2.05) is 11.8 Å². The zero-order chi connectivity index (χ0) is 23.3. The summed E-state index contributed by atoms with van der Waals surface area (Å²) in [5.41, 5.74) is 5.69. The number of thioether (sulfide) groups is 1. The Morgan fingerprint density at radius 1 is 1.38 bits per heavy atom. The summed E-state index contributed by atoms with van der Waals surface area (Å²) in [5.74, 6) is -1.64. The predicted octanol–water partition coefficient (Wildman–Crippen LogP) is -0.418. The van der Waals surface area contributed by atoms with E-state index >= 15 is 0 Å². The van der Waals surface area contributed by atoms with Gasteiger partial charge in [-0.1, -0.05) is 6.92 Å². The molecule has 0 spiro atoms. The first-order chi connectivity index (χ1) is 15.1. The highest BCUT2D eigenvalue weighted by molar-refractivity contribution is 8.03. The van der Waals surface area contributed by atoms with Crippen LogP contribution < -0.4 is 11.1 Å². The Balaban J connectivity index is 1.41. The molecule has 5 N–H and O–H groups in total. The first-order valence-corrected chi connectivity index (χ1v) is 11.9. The summed E-state index contributed by atoms with van der Waals surface area (Å²) >= 11 is 1.45. The van der Waals surface area contributed by atoms with Crippen molar-refractivity contribution >= 4 is 35.4 Å². The molecule has 32 heavy (non-hydrogen) atoms. The fourth-order valence-electron chi connectivity index (χ4n) is 5.40. The van der Waals surface area contributed by atoms with Gasteiger partial charge in [0.1, 0.15) is 5.70 Å². The second-order valence-corrected chi connectivity index (χ2v) is 10.5. The third-order valence-electron chi connectivity index (χ3n) is 6.85. The van der Waals surface area contributed by atoms with Crippen LogP contribution in [0.1, 0.15) is 33.6 Å². The number of β-lactam (4-membered cyclic amide) rings is 1. The van der Waals surface area contributed by atoms with Crippen LogP contribution in [0.2, 0.25) is 0 Å². The fraction of sp³-hybridized carbons (Fsp3) is 0.714. The van der Waals surface area contributed by atoms with Crippen molar-refractivity contribution in [2.45, 2.75) is 63.1 Å². The molecule has 7 atom stereocenters. The Morgan fingerprint density at radius 2 is 2.09 bits per heavy atom. The number of aliphatic hydroxyl groups excluding tert-OH is 1. The van der Waals surface area contributed by atoms with Crippen LogP contribution in [0.25, 0.3) is 0 Å². The molecule has 4 aliphatic rings. The van der Waals surface area contributed by atoms with E-state index in [9.17, 15) is 24.6 Å². The number of nitrogens with zero attached hydrogens (tertiary/aromatic N) is 3. The van der Waals surface area contributed by atoms with E-state index < -0.39 is 18.0 Å². The molecule has 176 valence electrons. The van der Waals surface area contributed by atoms with Crippen molar-refractivity contribution in [2.24, 2.45) is 22.6 Å². The van der Waals surface area contributed by atoms with Crippen molar-refractivity contribution in [1.82, 2.24) is 15.1 Å². The average molecular weight is 466 g/mol. The van der Waals surface area contributed by atoms with E-state index in [1.165, 1.54) is 16.7 Å². The van der Waals surface area contributed by atoms with Crippen LogP contribution in [0.5, 0.6) is 0 Å². The van der Waals surface area contributed by atoms with Crippen LogP contribution in [0.4, 0.5) is 0 Å². The van der Waals surface area contributed by atoms with Crippen molar-refractivity contribution in [3.63, 3.8) is 0 Å². The highest BCUT2D eigenvalue weighted by Crippen LogP contribution is 2.51. The van der Waals surface area contributed by atoms with E-state index in [-0.39, 0.29) is 46.8 Å². The molecule has 2 amide bonds. The number of amides is 2. The fourth-order valence-corrected chi connectivity index (χ4v) is 6.87. The lowest BCUT2D eigenvalue weighted by molar-refractivity contribution is -0.163. The van der Waals surface area contributed by atoms with Crippen molar-refractivity contribution in [1.29, 1.82) is 0 Å². The van der Waals surface area contributed by atoms with Gasteiger partial charge in [0.15, 0.2) is 0 Å². The summed E-state index contributed by atoms with van der Waals surface area (Å²) in [6, 6.07) is -0.596. The molecular formula is C21H31N5O5S. The van der Waals surface area contributed by atoms with Crippen LogP contribution in [0, 0.1) is 11.8 Å². The maximum atomic E-state index is 13.0. The Hall–Kier alpha value is -2.11. The van der Waals surface area contributed by atoms with E-state index in [1.54, 1.807) is 13.8 Å². The molecule has 0 aromatic heterocycles. The number of aliphatic carboxylic acids is 1. The van der Waals surface area contributed by atoms with Gasteiger partial charge in [0.2, 0.25) is 11.8 Å². The minimum atomic E-state index is -1.13. The van der Waals surface area contributed by atoms with Crippen molar-refractivity contribution in [3.05, 3.63) is 10.6 Å². The number of amidine groups is 1. The topological polar surface area (TPSA) is 149 Å². The molecule has 3 saturated heterocycles. The number of nitrogens with one attached hydrogen (secondary N) is 1. The Morgan fingerprint density at radius 3 is 2.72 bits per heavy atom. The summed E-state index contributed by atoms with van der Waals surface area (Å²) < 4.78 is 0. The summed E-state index contributed by atoms with van der Waals surface area (Å²) in [6.07, 6.45) is 0.566. The van der Waals surface area contributed by atoms with Gasteiger partial charge in [0, 0.05) is 35.7 Å². The molecule has 0 aromatic rings. The van der Waals surface area contributed by atoms with Crippen LogP contribution >= 0.6 is 11.8 Å². The highest BCUT2D eigenvalue weighted by atomic mass is 32.2. The molecule has 6 unspecified atom stereocenters. The van der Waals surface area contributed by atoms with Gasteiger partial charge in [0.05, 0.1) is 36.0 Å². The number of carboxylic acids is 1. The number of rotatable bonds is 6. The van der Waals surface area contributed by atoms with E-state index in [0.29, 0.717) is 36.8 Å². The lowest BCUT2D eigenvalue weighted by atomic mass is 9.79. The number of carbonyl (C=O) groups is 3. The Kier molecular flexibility index (Phi) is 6.25. The van der Waals surface area contributed by atoms with Crippen molar-refractivity contribution < 1.29 is 24.6 Å². The number of aliphatic hydroxyl groups is 1. The number of carbonyl (C=O) groups excluding carboxylic acids is 2. The normalized spacial score (nSPS) is 35.9. The first kappa shape index (κ1) is 23.1. The molecule has 0 radical (unpaired) electrons. The lowest BCUT2D eigenvalue weighted by Crippen LogP contribution is -2.63. The molecule has 10 nitrogen and oxygen atoms in total. The minimum Gasteiger partial charge on any atom is -0.477 e. The molecule has 3 fully saturated rings. The zero-order valence-corrected chi connectivity index (χ0v) is 19.3. The number of carboxylic acid groups (broad SMARTS) is 1. The molecule has 4 aliphatic heterocycles. The molecule has 11 heteroatoms. The number of aliphatic imine (C=N–C) groups is 1. The quantitative estimate of drug-likeness (QED) is 0.235. The van der Waals surface area contributed by atoms with Crippen LogP contribution in [0.15, 0.2) is 15.6 Å². The lowest BCUT2D eigenvalue weighted by Gasteiger charge is -2.46. The van der Waals surface area contributed by atoms with Gasteiger partial charge in [0.25, 0.3) is 0 Å². The van der Waals surface area contributed by atoms with Gasteiger partial charge < -0.3 is 31.1 Å². The summed E-state index contributed by atoms with van der Waals surface area (Å²) in [5, 5.41) is 23.1. The summed E-state index contributed by atoms with van der Waals surface area (Å²) in [4.78, 5) is 45.6. The van der Waals surface area contributed by atoms with Crippen LogP contribution in [0.3, 0.4) is 0 Å². The molecule has 4 heterocycles. The molecule has 4 rings (SSSR count). The van der Waals surface area contributed by atoms with Gasteiger partial charge in [-0.3, -0.25) is 14.6 Å². The molecule has 0 bridgehead atoms. The van der Waals surface area contributed by atoms with Gasteiger partial charge in [-0.2, -0.15) is 0 Å². The minimum absolute atomic E-state index is 0.0252.